The third-order valence-corrected chi connectivity index (χ3v) is 4.38. The van der Waals surface area contributed by atoms with Crippen LogP contribution in [0.3, 0.4) is 0 Å². The van der Waals surface area contributed by atoms with Gasteiger partial charge in [0.2, 0.25) is 0 Å². The number of hydrogen-bond donors (Lipinski definition) is 1. The van der Waals surface area contributed by atoms with Gasteiger partial charge in [-0.2, -0.15) is 23.3 Å². The van der Waals surface area contributed by atoms with Crippen LogP contribution in [0.2, 0.25) is 0 Å². The highest BCUT2D eigenvalue weighted by atomic mass is 19.4. The minimum absolute atomic E-state index is 0.0293. The van der Waals surface area contributed by atoms with Crippen LogP contribution in [0.5, 0.6) is 5.75 Å². The molecule has 152 valence electrons. The zero-order valence-corrected chi connectivity index (χ0v) is 14.9. The number of methoxy groups -OCH3 is 1. The minimum Gasteiger partial charge on any atom is -0.497 e. The monoisotopic (exact) mass is 409 g/mol. The molecule has 2 aromatic carbocycles. The summed E-state index contributed by atoms with van der Waals surface area (Å²) < 4.78 is 44.7. The number of carbonyl (C=O) groups excluding carboxylic acids is 1. The van der Waals surface area contributed by atoms with Crippen LogP contribution in [0, 0.1) is 10.1 Å². The molecular formula is C18H14F3N3O5. The number of hydrazone groups is 1. The molecule has 1 unspecified atom stereocenters. The van der Waals surface area contributed by atoms with Gasteiger partial charge < -0.3 is 9.84 Å². The number of aliphatic hydroxyl groups is 1. The zero-order valence-electron chi connectivity index (χ0n) is 14.9. The predicted molar refractivity (Wildman–Crippen MR) is 94.3 cm³/mol. The topological polar surface area (TPSA) is 105 Å². The number of nitro groups is 1. The number of halogens is 3. The molecule has 29 heavy (non-hydrogen) atoms. The molecule has 11 heteroatoms. The first-order valence-corrected chi connectivity index (χ1v) is 8.17. The van der Waals surface area contributed by atoms with E-state index in [1.165, 1.54) is 31.4 Å². The van der Waals surface area contributed by atoms with Gasteiger partial charge in [-0.15, -0.1) is 0 Å². The highest BCUT2D eigenvalue weighted by Crippen LogP contribution is 2.40. The van der Waals surface area contributed by atoms with Crippen molar-refractivity contribution in [1.29, 1.82) is 0 Å². The van der Waals surface area contributed by atoms with Crippen molar-refractivity contribution in [1.82, 2.24) is 5.01 Å². The second-order valence-electron chi connectivity index (χ2n) is 6.19. The smallest absolute Gasteiger partial charge is 0.431 e. The Hall–Kier alpha value is -3.47. The largest absolute Gasteiger partial charge is 0.497 e. The number of carbonyl (C=O) groups is 1. The van der Waals surface area contributed by atoms with E-state index in [0.717, 1.165) is 24.3 Å². The van der Waals surface area contributed by atoms with E-state index >= 15 is 0 Å². The third-order valence-electron chi connectivity index (χ3n) is 4.38. The van der Waals surface area contributed by atoms with Crippen LogP contribution in [0.15, 0.2) is 53.6 Å². The van der Waals surface area contributed by atoms with Gasteiger partial charge in [0.1, 0.15) is 11.5 Å². The van der Waals surface area contributed by atoms with Crippen molar-refractivity contribution in [3.63, 3.8) is 0 Å². The van der Waals surface area contributed by atoms with Gasteiger partial charge in [0.25, 0.3) is 11.6 Å². The fourth-order valence-electron chi connectivity index (χ4n) is 2.85. The lowest BCUT2D eigenvalue weighted by Crippen LogP contribution is -2.43. The number of nitrogens with zero attached hydrogens (tertiary/aromatic N) is 3. The van der Waals surface area contributed by atoms with E-state index in [1.54, 1.807) is 0 Å². The van der Waals surface area contributed by atoms with E-state index < -0.39 is 34.9 Å². The van der Waals surface area contributed by atoms with E-state index in [9.17, 15) is 33.2 Å². The summed E-state index contributed by atoms with van der Waals surface area (Å²) in [6.45, 7) is 0. The Morgan fingerprint density at radius 2 is 1.79 bits per heavy atom. The van der Waals surface area contributed by atoms with Crippen LogP contribution >= 0.6 is 0 Å². The summed E-state index contributed by atoms with van der Waals surface area (Å²) in [4.78, 5) is 22.9. The first kappa shape index (κ1) is 20.3. The molecule has 0 saturated heterocycles. The SMILES string of the molecule is COc1ccc(C(=O)N2N=C(C(F)(F)F)CC2(O)c2ccc([N+](=O)[O-])cc2)cc1. The second kappa shape index (κ2) is 7.17. The Morgan fingerprint density at radius 1 is 1.21 bits per heavy atom. The lowest BCUT2D eigenvalue weighted by atomic mass is 9.96. The third kappa shape index (κ3) is 3.76. The molecule has 3 rings (SSSR count). The molecule has 1 N–H and O–H groups in total. The maximum atomic E-state index is 13.2. The molecule has 0 bridgehead atoms. The van der Waals surface area contributed by atoms with Gasteiger partial charge in [-0.05, 0) is 36.4 Å². The fourth-order valence-corrected chi connectivity index (χ4v) is 2.85. The molecule has 1 aliphatic rings. The van der Waals surface area contributed by atoms with Gasteiger partial charge in [-0.25, -0.2) is 0 Å². The van der Waals surface area contributed by atoms with Crippen LogP contribution in [0.4, 0.5) is 18.9 Å². The van der Waals surface area contributed by atoms with E-state index in [4.69, 9.17) is 4.74 Å². The zero-order chi connectivity index (χ0) is 21.4. The summed E-state index contributed by atoms with van der Waals surface area (Å²) >= 11 is 0. The summed E-state index contributed by atoms with van der Waals surface area (Å²) in [5.74, 6) is -0.555. The van der Waals surface area contributed by atoms with Crippen molar-refractivity contribution in [3.8, 4) is 5.75 Å². The molecule has 1 aliphatic heterocycles. The first-order valence-electron chi connectivity index (χ1n) is 8.17. The van der Waals surface area contributed by atoms with Crippen molar-refractivity contribution in [2.45, 2.75) is 18.3 Å². The molecular weight excluding hydrogens is 395 g/mol. The quantitative estimate of drug-likeness (QED) is 0.617. The Bertz CT molecular complexity index is 974. The maximum Gasteiger partial charge on any atom is 0.431 e. The number of hydrogen-bond acceptors (Lipinski definition) is 6. The fraction of sp³-hybridized carbons (Fsp3) is 0.222. The van der Waals surface area contributed by atoms with Gasteiger partial charge >= 0.3 is 6.18 Å². The Balaban J connectivity index is 2.04. The van der Waals surface area contributed by atoms with Gasteiger partial charge in [0, 0.05) is 23.3 Å². The highest BCUT2D eigenvalue weighted by molar-refractivity contribution is 5.99. The minimum atomic E-state index is -4.87. The van der Waals surface area contributed by atoms with Crippen molar-refractivity contribution < 1.29 is 32.7 Å². The van der Waals surface area contributed by atoms with E-state index in [0.29, 0.717) is 10.8 Å². The highest BCUT2D eigenvalue weighted by Gasteiger charge is 2.53. The number of ether oxygens (including phenoxy) is 1. The summed E-state index contributed by atoms with van der Waals surface area (Å²) in [6.07, 6.45) is -5.89. The predicted octanol–water partition coefficient (Wildman–Crippen LogP) is 3.21. The van der Waals surface area contributed by atoms with Gasteiger partial charge in [-0.1, -0.05) is 0 Å². The second-order valence-corrected chi connectivity index (χ2v) is 6.19. The molecule has 8 nitrogen and oxygen atoms in total. The molecule has 0 aliphatic carbocycles. The molecule has 0 saturated carbocycles. The number of amides is 1. The van der Waals surface area contributed by atoms with Crippen LogP contribution in [-0.2, 0) is 5.72 Å². The number of non-ortho nitro benzene ring substituents is 1. The Morgan fingerprint density at radius 3 is 2.28 bits per heavy atom. The average molecular weight is 409 g/mol. The molecule has 1 heterocycles. The summed E-state index contributed by atoms with van der Waals surface area (Å²) in [5.41, 5.74) is -4.30. The summed E-state index contributed by atoms with van der Waals surface area (Å²) in [6, 6.07) is 9.72. The number of alkyl halides is 3. The van der Waals surface area contributed by atoms with E-state index in [1.807, 2.05) is 0 Å². The van der Waals surface area contributed by atoms with Crippen molar-refractivity contribution in [2.75, 3.05) is 7.11 Å². The summed E-state index contributed by atoms with van der Waals surface area (Å²) in [7, 11) is 1.41. The standard InChI is InChI=1S/C18H14F3N3O5/c1-29-14-8-2-11(3-9-14)16(25)23-17(26,10-15(22-23)18(19,20)21)12-4-6-13(7-5-12)24(27)28/h2-9,26H,10H2,1H3. The lowest BCUT2D eigenvalue weighted by Gasteiger charge is -2.31. The number of nitro benzene ring substituents is 1. The van der Waals surface area contributed by atoms with E-state index in [-0.39, 0.29) is 16.8 Å². The van der Waals surface area contributed by atoms with Gasteiger partial charge in [0.05, 0.1) is 18.5 Å². The van der Waals surface area contributed by atoms with Crippen molar-refractivity contribution in [3.05, 3.63) is 69.8 Å². The van der Waals surface area contributed by atoms with Gasteiger partial charge in [-0.3, -0.25) is 14.9 Å². The maximum absolute atomic E-state index is 13.2. The van der Waals surface area contributed by atoms with Crippen molar-refractivity contribution >= 4 is 17.3 Å². The molecule has 2 aromatic rings. The van der Waals surface area contributed by atoms with Crippen LogP contribution in [0.1, 0.15) is 22.3 Å². The molecule has 0 radical (unpaired) electrons. The number of rotatable bonds is 4. The molecule has 1 amide bonds. The van der Waals surface area contributed by atoms with Crippen LogP contribution < -0.4 is 4.74 Å². The molecule has 0 aromatic heterocycles. The molecule has 0 fully saturated rings. The Kier molecular flexibility index (Phi) is 5.01. The summed E-state index contributed by atoms with van der Waals surface area (Å²) in [5, 5.41) is 25.5. The first-order chi connectivity index (χ1) is 13.6. The van der Waals surface area contributed by atoms with Crippen molar-refractivity contribution in [2.24, 2.45) is 5.10 Å². The molecule has 0 spiro atoms. The molecule has 1 atom stereocenters. The van der Waals surface area contributed by atoms with Crippen LogP contribution in [-0.4, -0.2) is 39.9 Å². The lowest BCUT2D eigenvalue weighted by molar-refractivity contribution is -0.384. The van der Waals surface area contributed by atoms with E-state index in [2.05, 4.69) is 5.10 Å². The van der Waals surface area contributed by atoms with Crippen LogP contribution in [0.25, 0.3) is 0 Å². The number of benzene rings is 2. The normalized spacial score (nSPS) is 19.1. The Labute approximate surface area is 162 Å². The average Bonchev–Trinajstić information content (AvgIpc) is 3.07. The van der Waals surface area contributed by atoms with Gasteiger partial charge in [0.15, 0.2) is 5.72 Å².